The highest BCUT2D eigenvalue weighted by Crippen LogP contribution is 2.40. The molecule has 132 valence electrons. The topological polar surface area (TPSA) is 61.5 Å². The van der Waals surface area contributed by atoms with Crippen LogP contribution in [-0.4, -0.2) is 33.3 Å². The second kappa shape index (κ2) is 7.27. The van der Waals surface area contributed by atoms with E-state index < -0.39 is 0 Å². The molecule has 3 heterocycles. The number of β-amino-alcohol motifs (C(OH)–C–C–N with tert-alkyl or cyclic N) is 1. The summed E-state index contributed by atoms with van der Waals surface area (Å²) in [5, 5.41) is 13.4. The van der Waals surface area contributed by atoms with Gasteiger partial charge in [-0.2, -0.15) is 0 Å². The summed E-state index contributed by atoms with van der Waals surface area (Å²) >= 11 is 5.49. The predicted molar refractivity (Wildman–Crippen MR) is 103 cm³/mol. The van der Waals surface area contributed by atoms with E-state index in [0.717, 1.165) is 22.8 Å². The molecule has 1 fully saturated rings. The minimum atomic E-state index is -0.165. The van der Waals surface area contributed by atoms with Crippen molar-refractivity contribution in [1.82, 2.24) is 15.2 Å². The largest absolute Gasteiger partial charge is 0.459 e. The van der Waals surface area contributed by atoms with Gasteiger partial charge in [-0.15, -0.1) is 0 Å². The summed E-state index contributed by atoms with van der Waals surface area (Å²) in [6.45, 7) is 0.445. The SMILES string of the molecule is OCCN1C(=S)N[C@@H](c2ccccn2)[C@@H]1c1ccc(-c2ccccc2)o1. The van der Waals surface area contributed by atoms with Gasteiger partial charge in [0, 0.05) is 18.3 Å². The van der Waals surface area contributed by atoms with Crippen LogP contribution in [0.5, 0.6) is 0 Å². The maximum atomic E-state index is 9.47. The van der Waals surface area contributed by atoms with Gasteiger partial charge in [0.25, 0.3) is 0 Å². The van der Waals surface area contributed by atoms with Crippen LogP contribution in [0.25, 0.3) is 11.3 Å². The molecule has 0 unspecified atom stereocenters. The fourth-order valence-electron chi connectivity index (χ4n) is 3.33. The summed E-state index contributed by atoms with van der Waals surface area (Å²) in [5.74, 6) is 1.60. The minimum absolute atomic E-state index is 0.0134. The molecule has 2 aromatic heterocycles. The zero-order valence-corrected chi connectivity index (χ0v) is 14.9. The fraction of sp³-hybridized carbons (Fsp3) is 0.200. The lowest BCUT2D eigenvalue weighted by atomic mass is 10.0. The molecule has 2 atom stereocenters. The smallest absolute Gasteiger partial charge is 0.170 e. The number of hydrogen-bond donors (Lipinski definition) is 2. The lowest BCUT2D eigenvalue weighted by molar-refractivity contribution is 0.209. The molecule has 3 aromatic rings. The van der Waals surface area contributed by atoms with Crippen LogP contribution in [0.2, 0.25) is 0 Å². The van der Waals surface area contributed by atoms with E-state index in [1.165, 1.54) is 0 Å². The van der Waals surface area contributed by atoms with Crippen molar-refractivity contribution in [2.75, 3.05) is 13.2 Å². The quantitative estimate of drug-likeness (QED) is 0.677. The standard InChI is InChI=1S/C20H19N3O2S/c24-13-12-23-19(18(22-20(23)26)15-8-4-5-11-21-15)17-10-9-16(25-17)14-6-2-1-3-7-14/h1-11,18-19,24H,12-13H2,(H,22,26)/t18-,19-/m0/s1. The molecule has 0 spiro atoms. The highest BCUT2D eigenvalue weighted by Gasteiger charge is 2.41. The third-order valence-electron chi connectivity index (χ3n) is 4.52. The number of aliphatic hydroxyl groups excluding tert-OH is 1. The van der Waals surface area contributed by atoms with Crippen molar-refractivity contribution in [2.24, 2.45) is 0 Å². The molecule has 6 heteroatoms. The van der Waals surface area contributed by atoms with Crippen LogP contribution in [0.15, 0.2) is 71.3 Å². The van der Waals surface area contributed by atoms with E-state index in [2.05, 4.69) is 10.3 Å². The number of furan rings is 1. The van der Waals surface area contributed by atoms with Gasteiger partial charge in [-0.25, -0.2) is 0 Å². The van der Waals surface area contributed by atoms with Gasteiger partial charge < -0.3 is 19.7 Å². The first-order valence-electron chi connectivity index (χ1n) is 8.52. The third-order valence-corrected chi connectivity index (χ3v) is 4.87. The molecule has 1 aromatic carbocycles. The molecule has 0 amide bonds. The van der Waals surface area contributed by atoms with Gasteiger partial charge in [0.1, 0.15) is 17.6 Å². The molecule has 0 aliphatic carbocycles. The molecule has 1 aliphatic rings. The van der Waals surface area contributed by atoms with E-state index in [1.54, 1.807) is 6.20 Å². The van der Waals surface area contributed by atoms with Crippen LogP contribution in [0, 0.1) is 0 Å². The zero-order valence-electron chi connectivity index (χ0n) is 14.1. The number of pyridine rings is 1. The Kier molecular flexibility index (Phi) is 4.69. The van der Waals surface area contributed by atoms with E-state index in [1.807, 2.05) is 65.6 Å². The van der Waals surface area contributed by atoms with Gasteiger partial charge >= 0.3 is 0 Å². The summed E-state index contributed by atoms with van der Waals surface area (Å²) in [7, 11) is 0. The summed E-state index contributed by atoms with van der Waals surface area (Å²) < 4.78 is 6.18. The van der Waals surface area contributed by atoms with E-state index >= 15 is 0 Å². The number of hydrogen-bond acceptors (Lipinski definition) is 4. The second-order valence-corrected chi connectivity index (χ2v) is 6.50. The number of rotatable bonds is 5. The first kappa shape index (κ1) is 16.8. The Morgan fingerprint density at radius 3 is 2.62 bits per heavy atom. The summed E-state index contributed by atoms with van der Waals surface area (Å²) in [5.41, 5.74) is 1.91. The van der Waals surface area contributed by atoms with Gasteiger partial charge in [0.05, 0.1) is 18.3 Å². The lowest BCUT2D eigenvalue weighted by Gasteiger charge is -2.25. The van der Waals surface area contributed by atoms with Gasteiger partial charge in [-0.1, -0.05) is 36.4 Å². The molecule has 1 aliphatic heterocycles. The summed E-state index contributed by atoms with van der Waals surface area (Å²) in [6.07, 6.45) is 1.77. The van der Waals surface area contributed by atoms with Crippen molar-refractivity contribution in [3.05, 3.63) is 78.3 Å². The number of aliphatic hydroxyl groups is 1. The van der Waals surface area contributed by atoms with Crippen molar-refractivity contribution in [1.29, 1.82) is 0 Å². The van der Waals surface area contributed by atoms with E-state index in [4.69, 9.17) is 16.6 Å². The van der Waals surface area contributed by atoms with Crippen LogP contribution in [0.4, 0.5) is 0 Å². The molecular weight excluding hydrogens is 346 g/mol. The highest BCUT2D eigenvalue weighted by atomic mass is 32.1. The van der Waals surface area contributed by atoms with Gasteiger partial charge in [0.15, 0.2) is 5.11 Å². The normalized spacial score (nSPS) is 19.6. The average molecular weight is 365 g/mol. The van der Waals surface area contributed by atoms with Crippen molar-refractivity contribution in [3.8, 4) is 11.3 Å². The van der Waals surface area contributed by atoms with Gasteiger partial charge in [-0.3, -0.25) is 4.98 Å². The Morgan fingerprint density at radius 1 is 1.08 bits per heavy atom. The number of aromatic nitrogens is 1. The van der Waals surface area contributed by atoms with Crippen molar-refractivity contribution < 1.29 is 9.52 Å². The minimum Gasteiger partial charge on any atom is -0.459 e. The number of nitrogens with one attached hydrogen (secondary N) is 1. The van der Waals surface area contributed by atoms with Crippen LogP contribution in [0.3, 0.4) is 0 Å². The Labute approximate surface area is 157 Å². The van der Waals surface area contributed by atoms with Crippen LogP contribution >= 0.6 is 12.2 Å². The number of benzene rings is 1. The molecule has 0 saturated carbocycles. The van der Waals surface area contributed by atoms with E-state index in [9.17, 15) is 5.11 Å². The fourth-order valence-corrected chi connectivity index (χ4v) is 3.66. The van der Waals surface area contributed by atoms with E-state index in [0.29, 0.717) is 11.7 Å². The van der Waals surface area contributed by atoms with Crippen LogP contribution < -0.4 is 5.32 Å². The Hall–Kier alpha value is -2.70. The Bertz CT molecular complexity index is 882. The summed E-state index contributed by atoms with van der Waals surface area (Å²) in [4.78, 5) is 6.44. The molecule has 4 rings (SSSR count). The maximum Gasteiger partial charge on any atom is 0.170 e. The third kappa shape index (κ3) is 3.09. The Balaban J connectivity index is 1.72. The van der Waals surface area contributed by atoms with E-state index in [-0.39, 0.29) is 18.7 Å². The molecule has 2 N–H and O–H groups in total. The van der Waals surface area contributed by atoms with Crippen LogP contribution in [0.1, 0.15) is 23.5 Å². The average Bonchev–Trinajstić information content (AvgIpc) is 3.29. The molecule has 5 nitrogen and oxygen atoms in total. The van der Waals surface area contributed by atoms with Crippen molar-refractivity contribution >= 4 is 17.3 Å². The van der Waals surface area contributed by atoms with Gasteiger partial charge in [0.2, 0.25) is 0 Å². The second-order valence-electron chi connectivity index (χ2n) is 6.11. The van der Waals surface area contributed by atoms with Crippen LogP contribution in [-0.2, 0) is 0 Å². The Morgan fingerprint density at radius 2 is 1.88 bits per heavy atom. The highest BCUT2D eigenvalue weighted by molar-refractivity contribution is 7.80. The molecule has 26 heavy (non-hydrogen) atoms. The molecule has 0 radical (unpaired) electrons. The van der Waals surface area contributed by atoms with Crippen molar-refractivity contribution in [3.63, 3.8) is 0 Å². The number of nitrogens with zero attached hydrogens (tertiary/aromatic N) is 2. The molecular formula is C20H19N3O2S. The first-order chi connectivity index (χ1) is 12.8. The monoisotopic (exact) mass is 365 g/mol. The lowest BCUT2D eigenvalue weighted by Crippen LogP contribution is -2.32. The first-order valence-corrected chi connectivity index (χ1v) is 8.93. The van der Waals surface area contributed by atoms with Gasteiger partial charge in [-0.05, 0) is 36.5 Å². The molecule has 1 saturated heterocycles. The van der Waals surface area contributed by atoms with Crippen molar-refractivity contribution in [2.45, 2.75) is 12.1 Å². The molecule has 0 bridgehead atoms. The number of thiocarbonyl (C=S) groups is 1. The predicted octanol–water partition coefficient (Wildman–Crippen LogP) is 3.31. The summed E-state index contributed by atoms with van der Waals surface area (Å²) in [6, 6.07) is 19.4. The maximum absolute atomic E-state index is 9.47. The zero-order chi connectivity index (χ0) is 17.9.